The van der Waals surface area contributed by atoms with Gasteiger partial charge in [0.05, 0.1) is 12.6 Å². The van der Waals surface area contributed by atoms with Gasteiger partial charge in [-0.1, -0.05) is 87.9 Å². The molecule has 3 aromatic rings. The van der Waals surface area contributed by atoms with E-state index in [0.717, 1.165) is 24.0 Å². The second kappa shape index (κ2) is 12.8. The molecule has 0 fully saturated rings. The lowest BCUT2D eigenvalue weighted by molar-refractivity contribution is -0.120. The lowest BCUT2D eigenvalue weighted by Crippen LogP contribution is -2.45. The minimum atomic E-state index is -0.581. The van der Waals surface area contributed by atoms with Crippen molar-refractivity contribution in [2.75, 3.05) is 23.7 Å². The Bertz CT molecular complexity index is 1240. The van der Waals surface area contributed by atoms with Gasteiger partial charge < -0.3 is 16.0 Å². The van der Waals surface area contributed by atoms with Crippen molar-refractivity contribution in [1.82, 2.24) is 14.9 Å². The molecule has 36 heavy (non-hydrogen) atoms. The fourth-order valence-corrected chi connectivity index (χ4v) is 4.30. The van der Waals surface area contributed by atoms with Crippen molar-refractivity contribution in [3.8, 4) is 0 Å². The highest BCUT2D eigenvalue weighted by Gasteiger charge is 2.23. The molecule has 1 aromatic heterocycles. The first-order chi connectivity index (χ1) is 17.3. The van der Waals surface area contributed by atoms with Gasteiger partial charge in [0.15, 0.2) is 0 Å². The number of nitrogens with two attached hydrogens (primary N) is 1. The van der Waals surface area contributed by atoms with Crippen LogP contribution in [0, 0.1) is 5.92 Å². The van der Waals surface area contributed by atoms with Crippen LogP contribution in [0.25, 0.3) is 0 Å². The molecule has 0 saturated heterocycles. The number of unbranched alkanes of at least 4 members (excludes halogenated alkanes) is 1. The SMILES string of the molecule is CCCCn1c(N)c(N(CC(=O)NC(Cc2ccccc2)c2ccccc2)CC(C)C)c(=O)[nH]c1=O. The van der Waals surface area contributed by atoms with Gasteiger partial charge in [0, 0.05) is 13.1 Å². The van der Waals surface area contributed by atoms with Crippen molar-refractivity contribution in [3.05, 3.63) is 92.6 Å². The normalized spacial score (nSPS) is 11.9. The van der Waals surface area contributed by atoms with Gasteiger partial charge in [-0.15, -0.1) is 0 Å². The van der Waals surface area contributed by atoms with E-state index < -0.39 is 11.2 Å². The molecule has 0 radical (unpaired) electrons. The van der Waals surface area contributed by atoms with E-state index in [1.807, 2.05) is 81.4 Å². The molecule has 1 atom stereocenters. The minimum absolute atomic E-state index is 0.0600. The molecular formula is C28H37N5O3. The van der Waals surface area contributed by atoms with E-state index in [1.54, 1.807) is 4.90 Å². The summed E-state index contributed by atoms with van der Waals surface area (Å²) >= 11 is 0. The van der Waals surface area contributed by atoms with Gasteiger partial charge in [0.2, 0.25) is 5.91 Å². The molecular weight excluding hydrogens is 454 g/mol. The lowest BCUT2D eigenvalue weighted by atomic mass is 9.99. The first-order valence-electron chi connectivity index (χ1n) is 12.6. The summed E-state index contributed by atoms with van der Waals surface area (Å²) in [5.41, 5.74) is 7.49. The van der Waals surface area contributed by atoms with Gasteiger partial charge in [-0.3, -0.25) is 19.1 Å². The third-order valence-electron chi connectivity index (χ3n) is 6.01. The number of amides is 1. The van der Waals surface area contributed by atoms with E-state index >= 15 is 0 Å². The number of hydrogen-bond donors (Lipinski definition) is 3. The third kappa shape index (κ3) is 7.10. The molecule has 1 heterocycles. The highest BCUT2D eigenvalue weighted by Crippen LogP contribution is 2.21. The molecule has 192 valence electrons. The lowest BCUT2D eigenvalue weighted by Gasteiger charge is -2.28. The Hall–Kier alpha value is -3.81. The Morgan fingerprint density at radius 1 is 1.06 bits per heavy atom. The second-order valence-corrected chi connectivity index (χ2v) is 9.49. The van der Waals surface area contributed by atoms with E-state index in [4.69, 9.17) is 5.73 Å². The van der Waals surface area contributed by atoms with Crippen LogP contribution in [0.2, 0.25) is 0 Å². The zero-order valence-electron chi connectivity index (χ0n) is 21.4. The van der Waals surface area contributed by atoms with E-state index in [0.29, 0.717) is 19.5 Å². The number of nitrogens with zero attached hydrogens (tertiary/aromatic N) is 2. The summed E-state index contributed by atoms with van der Waals surface area (Å²) in [6.45, 7) is 6.80. The Balaban J connectivity index is 1.89. The second-order valence-electron chi connectivity index (χ2n) is 9.49. The average Bonchev–Trinajstić information content (AvgIpc) is 2.84. The largest absolute Gasteiger partial charge is 0.383 e. The molecule has 1 amide bonds. The number of aromatic amines is 1. The van der Waals surface area contributed by atoms with Crippen molar-refractivity contribution in [1.29, 1.82) is 0 Å². The fourth-order valence-electron chi connectivity index (χ4n) is 4.30. The van der Waals surface area contributed by atoms with Crippen LogP contribution in [-0.2, 0) is 17.8 Å². The van der Waals surface area contributed by atoms with Crippen LogP contribution in [0.1, 0.15) is 50.8 Å². The third-order valence-corrected chi connectivity index (χ3v) is 6.01. The maximum atomic E-state index is 13.4. The van der Waals surface area contributed by atoms with Crippen LogP contribution in [0.3, 0.4) is 0 Å². The molecule has 8 heteroatoms. The molecule has 1 unspecified atom stereocenters. The number of nitrogen functional groups attached to an aromatic ring is 1. The molecule has 2 aromatic carbocycles. The molecule has 0 saturated carbocycles. The summed E-state index contributed by atoms with van der Waals surface area (Å²) in [6.07, 6.45) is 2.25. The van der Waals surface area contributed by atoms with Gasteiger partial charge in [-0.2, -0.15) is 0 Å². The van der Waals surface area contributed by atoms with Crippen LogP contribution >= 0.6 is 0 Å². The summed E-state index contributed by atoms with van der Waals surface area (Å²) in [6, 6.07) is 19.6. The number of benzene rings is 2. The van der Waals surface area contributed by atoms with Gasteiger partial charge in [0.1, 0.15) is 11.5 Å². The summed E-state index contributed by atoms with van der Waals surface area (Å²) in [5.74, 6) is 0.0157. The van der Waals surface area contributed by atoms with E-state index in [1.165, 1.54) is 4.57 Å². The maximum Gasteiger partial charge on any atom is 0.330 e. The monoisotopic (exact) mass is 491 g/mol. The van der Waals surface area contributed by atoms with Crippen LogP contribution in [0.4, 0.5) is 11.5 Å². The molecule has 0 aliphatic rings. The van der Waals surface area contributed by atoms with Gasteiger partial charge >= 0.3 is 5.69 Å². The maximum absolute atomic E-state index is 13.4. The van der Waals surface area contributed by atoms with Gasteiger partial charge in [0.25, 0.3) is 5.56 Å². The number of carbonyl (C=O) groups is 1. The van der Waals surface area contributed by atoms with Crippen LogP contribution in [-0.4, -0.2) is 28.5 Å². The number of nitrogens with one attached hydrogen (secondary N) is 2. The van der Waals surface area contributed by atoms with E-state index in [2.05, 4.69) is 10.3 Å². The average molecular weight is 492 g/mol. The Morgan fingerprint density at radius 3 is 2.31 bits per heavy atom. The summed E-state index contributed by atoms with van der Waals surface area (Å²) < 4.78 is 1.38. The first kappa shape index (κ1) is 26.8. The van der Waals surface area contributed by atoms with Crippen molar-refractivity contribution in [2.24, 2.45) is 5.92 Å². The quantitative estimate of drug-likeness (QED) is 0.359. The number of anilines is 2. The predicted molar refractivity (Wildman–Crippen MR) is 145 cm³/mol. The topological polar surface area (TPSA) is 113 Å². The molecule has 0 bridgehead atoms. The Kier molecular flexibility index (Phi) is 9.50. The molecule has 0 spiro atoms. The van der Waals surface area contributed by atoms with E-state index in [9.17, 15) is 14.4 Å². The fraction of sp³-hybridized carbons (Fsp3) is 0.393. The molecule has 4 N–H and O–H groups in total. The highest BCUT2D eigenvalue weighted by molar-refractivity contribution is 5.83. The van der Waals surface area contributed by atoms with Crippen molar-refractivity contribution < 1.29 is 4.79 Å². The molecule has 3 rings (SSSR count). The Labute approximate surface area is 212 Å². The van der Waals surface area contributed by atoms with E-state index in [-0.39, 0.29) is 35.9 Å². The van der Waals surface area contributed by atoms with Crippen LogP contribution in [0.15, 0.2) is 70.3 Å². The summed E-state index contributed by atoms with van der Waals surface area (Å²) in [7, 11) is 0. The number of rotatable bonds is 12. The van der Waals surface area contributed by atoms with Gasteiger partial charge in [-0.25, -0.2) is 4.79 Å². The number of H-pyrrole nitrogens is 1. The van der Waals surface area contributed by atoms with Crippen molar-refractivity contribution in [3.63, 3.8) is 0 Å². The van der Waals surface area contributed by atoms with Crippen molar-refractivity contribution >= 4 is 17.4 Å². The predicted octanol–water partition coefficient (Wildman–Crippen LogP) is 3.48. The molecule has 0 aliphatic carbocycles. The molecule has 8 nitrogen and oxygen atoms in total. The van der Waals surface area contributed by atoms with Crippen LogP contribution in [0.5, 0.6) is 0 Å². The zero-order chi connectivity index (χ0) is 26.1. The number of aromatic nitrogens is 2. The zero-order valence-corrected chi connectivity index (χ0v) is 21.4. The number of carbonyl (C=O) groups excluding carboxylic acids is 1. The smallest absolute Gasteiger partial charge is 0.330 e. The van der Waals surface area contributed by atoms with Gasteiger partial charge in [-0.05, 0) is 29.9 Å². The highest BCUT2D eigenvalue weighted by atomic mass is 16.2. The first-order valence-corrected chi connectivity index (χ1v) is 12.6. The summed E-state index contributed by atoms with van der Waals surface area (Å²) in [5, 5.41) is 3.15. The summed E-state index contributed by atoms with van der Waals surface area (Å²) in [4.78, 5) is 42.7. The standard InChI is InChI=1S/C28H37N5O3/c1-4-5-16-33-26(29)25(27(35)31-28(33)36)32(18-20(2)3)19-24(34)30-23(22-14-10-7-11-15-22)17-21-12-8-6-9-13-21/h6-15,20,23H,4-5,16-19,29H2,1-3H3,(H,30,34)(H,31,35,36). The molecule has 0 aliphatic heterocycles. The van der Waals surface area contributed by atoms with Crippen molar-refractivity contribution in [2.45, 2.75) is 52.6 Å². The minimum Gasteiger partial charge on any atom is -0.383 e. The Morgan fingerprint density at radius 2 is 1.69 bits per heavy atom. The number of hydrogen-bond acceptors (Lipinski definition) is 5. The van der Waals surface area contributed by atoms with Crippen LogP contribution < -0.4 is 27.2 Å².